The van der Waals surface area contributed by atoms with Crippen LogP contribution >= 0.6 is 0 Å². The highest BCUT2D eigenvalue weighted by Gasteiger charge is 2.03. The van der Waals surface area contributed by atoms with E-state index in [0.29, 0.717) is 6.42 Å². The Bertz CT molecular complexity index is 168. The van der Waals surface area contributed by atoms with Crippen molar-refractivity contribution < 1.29 is 5.11 Å². The van der Waals surface area contributed by atoms with Crippen LogP contribution in [0.5, 0.6) is 0 Å². The van der Waals surface area contributed by atoms with Gasteiger partial charge in [-0.15, -0.1) is 0 Å². The normalized spacial score (nSPS) is 12.2. The van der Waals surface area contributed by atoms with Crippen LogP contribution in [0, 0.1) is 0 Å². The van der Waals surface area contributed by atoms with Crippen LogP contribution in [-0.2, 0) is 0 Å². The number of hydrogen-bond acceptors (Lipinski definition) is 1. The number of allylic oxidation sites excluding steroid dienone is 2. The molecule has 0 bridgehead atoms. The molecule has 0 aromatic rings. The topological polar surface area (TPSA) is 20.2 Å². The molecule has 0 spiro atoms. The van der Waals surface area contributed by atoms with Crippen molar-refractivity contribution in [3.05, 3.63) is 37.0 Å². The summed E-state index contributed by atoms with van der Waals surface area (Å²) in [5, 5.41) is 9.30. The third-order valence-electron chi connectivity index (χ3n) is 1.60. The molecule has 0 aromatic carbocycles. The van der Waals surface area contributed by atoms with Crippen molar-refractivity contribution in [3.63, 3.8) is 0 Å². The molecule has 0 saturated carbocycles. The number of rotatable bonds is 5. The highest BCUT2D eigenvalue weighted by Crippen LogP contribution is 2.10. The lowest BCUT2D eigenvalue weighted by Gasteiger charge is -2.08. The van der Waals surface area contributed by atoms with E-state index in [-0.39, 0.29) is 0 Å². The van der Waals surface area contributed by atoms with Gasteiger partial charge in [-0.05, 0) is 19.8 Å². The van der Waals surface area contributed by atoms with Crippen LogP contribution in [0.1, 0.15) is 19.8 Å². The van der Waals surface area contributed by atoms with Crippen LogP contribution in [-0.4, -0.2) is 11.2 Å². The molecule has 0 heterocycles. The molecule has 62 valence electrons. The molecular formula is C10H16O. The van der Waals surface area contributed by atoms with Gasteiger partial charge >= 0.3 is 0 Å². The van der Waals surface area contributed by atoms with Gasteiger partial charge in [-0.3, -0.25) is 0 Å². The van der Waals surface area contributed by atoms with Crippen molar-refractivity contribution in [1.29, 1.82) is 0 Å². The van der Waals surface area contributed by atoms with Gasteiger partial charge in [-0.1, -0.05) is 37.0 Å². The van der Waals surface area contributed by atoms with Crippen LogP contribution in [0.2, 0.25) is 0 Å². The van der Waals surface area contributed by atoms with Gasteiger partial charge in [0.2, 0.25) is 0 Å². The molecule has 0 aliphatic rings. The molecule has 0 amide bonds. The first kappa shape index (κ1) is 10.2. The Morgan fingerprint density at radius 1 is 1.55 bits per heavy atom. The zero-order chi connectivity index (χ0) is 8.85. The van der Waals surface area contributed by atoms with Crippen molar-refractivity contribution in [3.8, 4) is 0 Å². The third kappa shape index (κ3) is 4.57. The predicted molar refractivity (Wildman–Crippen MR) is 49.4 cm³/mol. The maximum absolute atomic E-state index is 9.30. The maximum Gasteiger partial charge on any atom is 0.0748 e. The molecule has 0 aliphatic heterocycles. The molecule has 0 aromatic heterocycles. The zero-order valence-corrected chi connectivity index (χ0v) is 7.14. The van der Waals surface area contributed by atoms with Crippen molar-refractivity contribution in [2.45, 2.75) is 25.9 Å². The summed E-state index contributed by atoms with van der Waals surface area (Å²) in [6.07, 6.45) is 2.80. The first-order valence-electron chi connectivity index (χ1n) is 3.71. The van der Waals surface area contributed by atoms with E-state index in [4.69, 9.17) is 0 Å². The fraction of sp³-hybridized carbons (Fsp3) is 0.400. The standard InChI is InChI=1S/C10H16O/c1-5-9(4)6-7-10(11)8(2)3/h5,10-11H,1-2,4,6-7H2,3H3/t10-/m1/s1. The van der Waals surface area contributed by atoms with E-state index in [0.717, 1.165) is 17.6 Å². The Labute approximate surface area is 68.7 Å². The van der Waals surface area contributed by atoms with Crippen LogP contribution in [0.25, 0.3) is 0 Å². The van der Waals surface area contributed by atoms with Crippen LogP contribution in [0.15, 0.2) is 37.0 Å². The summed E-state index contributed by atoms with van der Waals surface area (Å²) in [5.74, 6) is 0. The Kier molecular flexibility index (Phi) is 4.55. The van der Waals surface area contributed by atoms with Crippen molar-refractivity contribution in [1.82, 2.24) is 0 Å². The summed E-state index contributed by atoms with van der Waals surface area (Å²) in [5.41, 5.74) is 1.77. The van der Waals surface area contributed by atoms with Crippen molar-refractivity contribution >= 4 is 0 Å². The number of aliphatic hydroxyl groups excluding tert-OH is 1. The molecule has 0 unspecified atom stereocenters. The van der Waals surface area contributed by atoms with E-state index in [1.165, 1.54) is 0 Å². The minimum Gasteiger partial charge on any atom is -0.389 e. The minimum atomic E-state index is -0.397. The van der Waals surface area contributed by atoms with Gasteiger partial charge in [0.05, 0.1) is 6.10 Å². The first-order chi connectivity index (χ1) is 5.07. The number of aliphatic hydroxyl groups is 1. The predicted octanol–water partition coefficient (Wildman–Crippen LogP) is 2.45. The molecule has 0 aliphatic carbocycles. The van der Waals surface area contributed by atoms with E-state index in [9.17, 15) is 5.11 Å². The Hall–Kier alpha value is -0.820. The van der Waals surface area contributed by atoms with Crippen molar-refractivity contribution in [2.24, 2.45) is 0 Å². The first-order valence-corrected chi connectivity index (χ1v) is 3.71. The molecular weight excluding hydrogens is 136 g/mol. The molecule has 1 heteroatoms. The quantitative estimate of drug-likeness (QED) is 0.474. The minimum absolute atomic E-state index is 0.397. The second-order valence-electron chi connectivity index (χ2n) is 2.76. The molecule has 1 N–H and O–H groups in total. The molecule has 11 heavy (non-hydrogen) atoms. The highest BCUT2D eigenvalue weighted by molar-refractivity contribution is 5.11. The lowest BCUT2D eigenvalue weighted by atomic mass is 10.0. The molecule has 0 rings (SSSR count). The maximum atomic E-state index is 9.30. The smallest absolute Gasteiger partial charge is 0.0748 e. The van der Waals surface area contributed by atoms with Crippen molar-refractivity contribution in [2.75, 3.05) is 0 Å². The highest BCUT2D eigenvalue weighted by atomic mass is 16.3. The van der Waals surface area contributed by atoms with Gasteiger partial charge in [-0.2, -0.15) is 0 Å². The van der Waals surface area contributed by atoms with E-state index < -0.39 is 6.10 Å². The Morgan fingerprint density at radius 2 is 2.09 bits per heavy atom. The lowest BCUT2D eigenvalue weighted by Crippen LogP contribution is -2.06. The number of hydrogen-bond donors (Lipinski definition) is 1. The second-order valence-corrected chi connectivity index (χ2v) is 2.76. The van der Waals surface area contributed by atoms with Crippen LogP contribution < -0.4 is 0 Å². The van der Waals surface area contributed by atoms with E-state index in [2.05, 4.69) is 19.7 Å². The SMILES string of the molecule is C=CC(=C)CC[C@@H](O)C(=C)C. The summed E-state index contributed by atoms with van der Waals surface area (Å²) in [7, 11) is 0. The van der Waals surface area contributed by atoms with Gasteiger partial charge in [0.1, 0.15) is 0 Å². The lowest BCUT2D eigenvalue weighted by molar-refractivity contribution is 0.201. The molecule has 0 fully saturated rings. The summed E-state index contributed by atoms with van der Waals surface area (Å²) in [6, 6.07) is 0. The summed E-state index contributed by atoms with van der Waals surface area (Å²) in [6.45, 7) is 12.8. The van der Waals surface area contributed by atoms with E-state index in [1.54, 1.807) is 6.08 Å². The van der Waals surface area contributed by atoms with E-state index >= 15 is 0 Å². The van der Waals surface area contributed by atoms with Gasteiger partial charge < -0.3 is 5.11 Å². The van der Waals surface area contributed by atoms with Gasteiger partial charge in [0, 0.05) is 0 Å². The average molecular weight is 152 g/mol. The van der Waals surface area contributed by atoms with Gasteiger partial charge in [0.15, 0.2) is 0 Å². The third-order valence-corrected chi connectivity index (χ3v) is 1.60. The second kappa shape index (κ2) is 4.91. The average Bonchev–Trinajstić information content (AvgIpc) is 1.99. The summed E-state index contributed by atoms with van der Waals surface area (Å²) < 4.78 is 0. The van der Waals surface area contributed by atoms with Crippen LogP contribution in [0.4, 0.5) is 0 Å². The molecule has 0 saturated heterocycles. The largest absolute Gasteiger partial charge is 0.389 e. The summed E-state index contributed by atoms with van der Waals surface area (Å²) >= 11 is 0. The van der Waals surface area contributed by atoms with Crippen LogP contribution in [0.3, 0.4) is 0 Å². The monoisotopic (exact) mass is 152 g/mol. The zero-order valence-electron chi connectivity index (χ0n) is 7.14. The molecule has 1 atom stereocenters. The Morgan fingerprint density at radius 3 is 2.45 bits per heavy atom. The van der Waals surface area contributed by atoms with Gasteiger partial charge in [-0.25, -0.2) is 0 Å². The van der Waals surface area contributed by atoms with E-state index in [1.807, 2.05) is 6.92 Å². The fourth-order valence-electron chi connectivity index (χ4n) is 0.671. The molecule has 1 nitrogen and oxygen atoms in total. The summed E-state index contributed by atoms with van der Waals surface area (Å²) in [4.78, 5) is 0. The molecule has 0 radical (unpaired) electrons. The van der Waals surface area contributed by atoms with Gasteiger partial charge in [0.25, 0.3) is 0 Å². The Balaban J connectivity index is 3.62. The fourth-order valence-corrected chi connectivity index (χ4v) is 0.671.